The van der Waals surface area contributed by atoms with Gasteiger partial charge in [0.1, 0.15) is 12.0 Å². The van der Waals surface area contributed by atoms with E-state index in [1.165, 1.54) is 24.5 Å². The molecular weight excluding hydrogens is 409 g/mol. The smallest absolute Gasteiger partial charge is 0.393 e. The highest BCUT2D eigenvalue weighted by Crippen LogP contribution is 2.31. The van der Waals surface area contributed by atoms with Gasteiger partial charge >= 0.3 is 6.18 Å². The normalized spacial score (nSPS) is 11.0. The molecule has 1 heterocycles. The Morgan fingerprint density at radius 3 is 2.38 bits per heavy atom. The Morgan fingerprint density at radius 1 is 1.03 bits per heavy atom. The van der Waals surface area contributed by atoms with Gasteiger partial charge in [-0.25, -0.2) is 9.97 Å². The lowest BCUT2D eigenvalue weighted by molar-refractivity contribution is -0.137. The van der Waals surface area contributed by atoms with E-state index in [9.17, 15) is 18.0 Å². The van der Waals surface area contributed by atoms with Crippen LogP contribution >= 0.6 is 11.6 Å². The van der Waals surface area contributed by atoms with Crippen LogP contribution in [0.15, 0.2) is 54.9 Å². The molecule has 2 aromatic carbocycles. The first kappa shape index (κ1) is 20.2. The van der Waals surface area contributed by atoms with Gasteiger partial charge in [-0.2, -0.15) is 13.2 Å². The number of carbonyl (C=O) groups excluding carboxylic acids is 1. The lowest BCUT2D eigenvalue weighted by atomic mass is 10.2. The molecule has 0 spiro atoms. The molecule has 0 fully saturated rings. The largest absolute Gasteiger partial charge is 0.416 e. The van der Waals surface area contributed by atoms with Gasteiger partial charge in [-0.3, -0.25) is 15.6 Å². The van der Waals surface area contributed by atoms with Crippen LogP contribution in [0.1, 0.15) is 15.9 Å². The number of nitrogens with zero attached hydrogens (tertiary/aromatic N) is 2. The molecule has 0 atom stereocenters. The number of hydrazine groups is 1. The third-order valence-corrected chi connectivity index (χ3v) is 3.98. The van der Waals surface area contributed by atoms with Gasteiger partial charge in [0.2, 0.25) is 0 Å². The van der Waals surface area contributed by atoms with Crippen LogP contribution in [-0.2, 0) is 6.18 Å². The average Bonchev–Trinajstić information content (AvgIpc) is 2.68. The van der Waals surface area contributed by atoms with Crippen molar-refractivity contribution in [1.82, 2.24) is 15.4 Å². The maximum absolute atomic E-state index is 12.6. The zero-order chi connectivity index (χ0) is 21.0. The van der Waals surface area contributed by atoms with Crippen LogP contribution in [0, 0.1) is 0 Å². The summed E-state index contributed by atoms with van der Waals surface area (Å²) in [5, 5.41) is 3.21. The van der Waals surface area contributed by atoms with E-state index in [2.05, 4.69) is 26.1 Å². The molecular formula is C18H14ClF3N6O. The van der Waals surface area contributed by atoms with Gasteiger partial charge in [-0.1, -0.05) is 17.7 Å². The molecule has 11 heteroatoms. The van der Waals surface area contributed by atoms with E-state index in [1.54, 1.807) is 18.2 Å². The number of amides is 1. The number of nitrogens with one attached hydrogen (secondary N) is 3. The Kier molecular flexibility index (Phi) is 5.74. The fourth-order valence-corrected chi connectivity index (χ4v) is 2.48. The first-order chi connectivity index (χ1) is 13.7. The number of carbonyl (C=O) groups is 1. The van der Waals surface area contributed by atoms with Crippen molar-refractivity contribution < 1.29 is 18.0 Å². The van der Waals surface area contributed by atoms with Crippen LogP contribution in [0.25, 0.3) is 0 Å². The quantitative estimate of drug-likeness (QED) is 0.459. The predicted octanol–water partition coefficient (Wildman–Crippen LogP) is 4.23. The van der Waals surface area contributed by atoms with Crippen LogP contribution in [0.5, 0.6) is 0 Å². The molecule has 0 unspecified atom stereocenters. The summed E-state index contributed by atoms with van der Waals surface area (Å²) in [5.41, 5.74) is 10.9. The van der Waals surface area contributed by atoms with Crippen molar-refractivity contribution in [3.8, 4) is 0 Å². The Hall–Kier alpha value is -3.53. The fraction of sp³-hybridized carbons (Fsp3) is 0.0556. The maximum Gasteiger partial charge on any atom is 0.416 e. The number of hydrogen-bond acceptors (Lipinski definition) is 6. The number of hydrogen-bond donors (Lipinski definition) is 4. The number of alkyl halides is 3. The molecule has 150 valence electrons. The van der Waals surface area contributed by atoms with Gasteiger partial charge < -0.3 is 11.1 Å². The molecule has 0 aliphatic rings. The summed E-state index contributed by atoms with van der Waals surface area (Å²) in [6, 6.07) is 10.7. The second-order valence-electron chi connectivity index (χ2n) is 5.77. The van der Waals surface area contributed by atoms with Crippen molar-refractivity contribution in [3.05, 3.63) is 71.0 Å². The summed E-state index contributed by atoms with van der Waals surface area (Å²) in [6.07, 6.45) is -3.25. The van der Waals surface area contributed by atoms with Gasteiger partial charge in [-0.05, 0) is 42.5 Å². The van der Waals surface area contributed by atoms with Gasteiger partial charge in [0.05, 0.1) is 5.56 Å². The van der Waals surface area contributed by atoms with E-state index in [0.717, 1.165) is 12.1 Å². The summed E-state index contributed by atoms with van der Waals surface area (Å²) in [7, 11) is 0. The van der Waals surface area contributed by atoms with E-state index in [-0.39, 0.29) is 17.3 Å². The summed E-state index contributed by atoms with van der Waals surface area (Å²) < 4.78 is 37.9. The number of anilines is 4. The van der Waals surface area contributed by atoms with Crippen LogP contribution in [0.4, 0.5) is 36.2 Å². The predicted molar refractivity (Wildman–Crippen MR) is 104 cm³/mol. The molecule has 1 amide bonds. The second kappa shape index (κ2) is 8.23. The molecule has 0 bridgehead atoms. The third-order valence-electron chi connectivity index (χ3n) is 3.74. The van der Waals surface area contributed by atoms with Crippen LogP contribution in [-0.4, -0.2) is 15.9 Å². The molecule has 3 rings (SSSR count). The summed E-state index contributed by atoms with van der Waals surface area (Å²) in [4.78, 5) is 20.0. The molecule has 0 aliphatic carbocycles. The molecule has 29 heavy (non-hydrogen) atoms. The topological polar surface area (TPSA) is 105 Å². The van der Waals surface area contributed by atoms with Gasteiger partial charge in [0.25, 0.3) is 5.91 Å². The van der Waals surface area contributed by atoms with E-state index in [4.69, 9.17) is 17.3 Å². The molecule has 0 radical (unpaired) electrons. The molecule has 3 aromatic rings. The van der Waals surface area contributed by atoms with Crippen molar-refractivity contribution in [2.75, 3.05) is 16.5 Å². The van der Waals surface area contributed by atoms with Gasteiger partial charge in [-0.15, -0.1) is 0 Å². The van der Waals surface area contributed by atoms with Crippen LogP contribution in [0.3, 0.4) is 0 Å². The number of benzene rings is 2. The number of halogens is 4. The van der Waals surface area contributed by atoms with Crippen molar-refractivity contribution in [2.24, 2.45) is 0 Å². The summed E-state index contributed by atoms with van der Waals surface area (Å²) in [6.45, 7) is 0. The zero-order valence-electron chi connectivity index (χ0n) is 14.6. The lowest BCUT2D eigenvalue weighted by Crippen LogP contribution is -2.30. The standard InChI is InChI=1S/C18H14ClF3N6O/c19-12-3-1-2-10(8-12)17(29)28-27-16-14(23)15(24-9-25-16)26-13-6-4-11(5-7-13)18(20,21)22/h1-9H,23H2,(H,28,29)(H2,24,25,26,27). The molecule has 0 saturated heterocycles. The number of aromatic nitrogens is 2. The highest BCUT2D eigenvalue weighted by Gasteiger charge is 2.29. The van der Waals surface area contributed by atoms with Gasteiger partial charge in [0.15, 0.2) is 11.6 Å². The molecule has 5 N–H and O–H groups in total. The first-order valence-electron chi connectivity index (χ1n) is 8.11. The Morgan fingerprint density at radius 2 is 1.72 bits per heavy atom. The number of nitrogen functional groups attached to an aromatic ring is 1. The van der Waals surface area contributed by atoms with E-state index in [0.29, 0.717) is 16.3 Å². The highest BCUT2D eigenvalue weighted by atomic mass is 35.5. The molecule has 1 aromatic heterocycles. The average molecular weight is 423 g/mol. The number of rotatable bonds is 5. The minimum absolute atomic E-state index is 0.0544. The minimum Gasteiger partial charge on any atom is -0.393 e. The Balaban J connectivity index is 1.70. The third kappa shape index (κ3) is 5.05. The SMILES string of the molecule is Nc1c(NNC(=O)c2cccc(Cl)c2)ncnc1Nc1ccc(C(F)(F)F)cc1. The Bertz CT molecular complexity index is 1030. The second-order valence-corrected chi connectivity index (χ2v) is 6.21. The summed E-state index contributed by atoms with van der Waals surface area (Å²) >= 11 is 5.85. The van der Waals surface area contributed by atoms with Crippen molar-refractivity contribution >= 4 is 40.5 Å². The number of nitrogens with two attached hydrogens (primary N) is 1. The molecule has 7 nitrogen and oxygen atoms in total. The maximum atomic E-state index is 12.6. The van der Waals surface area contributed by atoms with Gasteiger partial charge in [0, 0.05) is 16.3 Å². The van der Waals surface area contributed by atoms with Crippen molar-refractivity contribution in [2.45, 2.75) is 6.18 Å². The highest BCUT2D eigenvalue weighted by molar-refractivity contribution is 6.30. The van der Waals surface area contributed by atoms with E-state index in [1.807, 2.05) is 0 Å². The zero-order valence-corrected chi connectivity index (χ0v) is 15.3. The molecule has 0 saturated carbocycles. The van der Waals surface area contributed by atoms with Crippen LogP contribution < -0.4 is 21.9 Å². The van der Waals surface area contributed by atoms with Crippen molar-refractivity contribution in [1.29, 1.82) is 0 Å². The van der Waals surface area contributed by atoms with E-state index < -0.39 is 17.6 Å². The minimum atomic E-state index is -4.43. The van der Waals surface area contributed by atoms with Crippen molar-refractivity contribution in [3.63, 3.8) is 0 Å². The van der Waals surface area contributed by atoms with E-state index >= 15 is 0 Å². The monoisotopic (exact) mass is 422 g/mol. The Labute approximate surface area is 168 Å². The fourth-order valence-electron chi connectivity index (χ4n) is 2.29. The van der Waals surface area contributed by atoms with Crippen LogP contribution in [0.2, 0.25) is 5.02 Å². The molecule has 0 aliphatic heterocycles. The lowest BCUT2D eigenvalue weighted by Gasteiger charge is -2.14. The first-order valence-corrected chi connectivity index (χ1v) is 8.48. The summed E-state index contributed by atoms with van der Waals surface area (Å²) in [5.74, 6) is -0.216.